The summed E-state index contributed by atoms with van der Waals surface area (Å²) in [5.74, 6) is 0. The number of para-hydroxylation sites is 5. The van der Waals surface area contributed by atoms with Crippen LogP contribution in [0.2, 0.25) is 0 Å². The summed E-state index contributed by atoms with van der Waals surface area (Å²) in [4.78, 5) is 2.36. The fraction of sp³-hybridized carbons (Fsp3) is 0. The summed E-state index contributed by atoms with van der Waals surface area (Å²) in [5.41, 5.74) is 11.9. The van der Waals surface area contributed by atoms with Crippen molar-refractivity contribution in [1.29, 1.82) is 0 Å². The molecule has 11 aromatic rings. The summed E-state index contributed by atoms with van der Waals surface area (Å²) < 4.78 is 11.2. The second kappa shape index (κ2) is 11.2. The highest BCUT2D eigenvalue weighted by atomic mass is 16.3. The molecule has 0 atom stereocenters. The number of rotatable bonds is 5. The zero-order valence-electron chi connectivity index (χ0n) is 28.1. The lowest BCUT2D eigenvalue weighted by molar-refractivity contribution is 0.669. The van der Waals surface area contributed by atoms with Gasteiger partial charge in [-0.1, -0.05) is 109 Å². The topological polar surface area (TPSA) is 26.2 Å². The highest BCUT2D eigenvalue weighted by Gasteiger charge is 2.22. The molecule has 0 aliphatic rings. The Balaban J connectivity index is 1.19. The van der Waals surface area contributed by atoms with Gasteiger partial charge in [0.15, 0.2) is 0 Å². The Morgan fingerprint density at radius 3 is 1.65 bits per heavy atom. The van der Waals surface area contributed by atoms with Gasteiger partial charge >= 0.3 is 0 Å². The second-order valence-corrected chi connectivity index (χ2v) is 13.4. The standard InChI is InChI=1S/C48H31N3O/c1-3-14-32(15-4-1)49(43-23-13-25-47-48(43)40-20-9-12-24-46(40)52-47)34-26-28-38-39-29-27-35(31-45(39)50(44(38)30-34)33-16-5-2-6-17-33)51-41-21-10-7-18-36(41)37-19-8-11-22-42(37)51/h1-31H. The van der Waals surface area contributed by atoms with Crippen LogP contribution in [0.25, 0.3) is 76.9 Å². The molecule has 0 saturated carbocycles. The van der Waals surface area contributed by atoms with Gasteiger partial charge in [-0.25, -0.2) is 0 Å². The lowest BCUT2D eigenvalue weighted by atomic mass is 10.1. The monoisotopic (exact) mass is 665 g/mol. The minimum absolute atomic E-state index is 0.872. The first-order valence-electron chi connectivity index (χ1n) is 17.7. The average molecular weight is 666 g/mol. The zero-order chi connectivity index (χ0) is 34.2. The number of hydrogen-bond acceptors (Lipinski definition) is 2. The van der Waals surface area contributed by atoms with Gasteiger partial charge in [0.05, 0.1) is 33.1 Å². The third-order valence-corrected chi connectivity index (χ3v) is 10.5. The van der Waals surface area contributed by atoms with Crippen molar-refractivity contribution in [1.82, 2.24) is 9.13 Å². The van der Waals surface area contributed by atoms with E-state index in [2.05, 4.69) is 190 Å². The summed E-state index contributed by atoms with van der Waals surface area (Å²) in [5, 5.41) is 7.13. The zero-order valence-corrected chi connectivity index (χ0v) is 28.1. The van der Waals surface area contributed by atoms with Crippen molar-refractivity contribution < 1.29 is 4.42 Å². The molecule has 11 rings (SSSR count). The Labute approximate surface area is 299 Å². The summed E-state index contributed by atoms with van der Waals surface area (Å²) in [7, 11) is 0. The van der Waals surface area contributed by atoms with Crippen molar-refractivity contribution in [2.24, 2.45) is 0 Å². The van der Waals surface area contributed by atoms with Gasteiger partial charge in [-0.05, 0) is 78.9 Å². The quantitative estimate of drug-likeness (QED) is 0.183. The molecular formula is C48H31N3O. The van der Waals surface area contributed by atoms with E-state index in [1.54, 1.807) is 0 Å². The molecule has 0 aliphatic heterocycles. The largest absolute Gasteiger partial charge is 0.456 e. The maximum Gasteiger partial charge on any atom is 0.137 e. The van der Waals surface area contributed by atoms with E-state index in [0.29, 0.717) is 0 Å². The van der Waals surface area contributed by atoms with Crippen molar-refractivity contribution in [2.45, 2.75) is 0 Å². The molecule has 0 aliphatic carbocycles. The van der Waals surface area contributed by atoms with E-state index in [0.717, 1.165) is 61.4 Å². The van der Waals surface area contributed by atoms with Crippen LogP contribution in [-0.2, 0) is 0 Å². The van der Waals surface area contributed by atoms with Gasteiger partial charge in [0.25, 0.3) is 0 Å². The van der Waals surface area contributed by atoms with Crippen molar-refractivity contribution in [3.05, 3.63) is 188 Å². The van der Waals surface area contributed by atoms with Crippen LogP contribution in [0, 0.1) is 0 Å². The van der Waals surface area contributed by atoms with Crippen molar-refractivity contribution in [2.75, 3.05) is 4.90 Å². The molecule has 0 spiro atoms. The van der Waals surface area contributed by atoms with Gasteiger partial charge in [-0.3, -0.25) is 0 Å². The first-order valence-corrected chi connectivity index (χ1v) is 17.7. The Morgan fingerprint density at radius 2 is 0.904 bits per heavy atom. The molecule has 244 valence electrons. The van der Waals surface area contributed by atoms with E-state index in [4.69, 9.17) is 4.42 Å². The van der Waals surface area contributed by atoms with E-state index in [1.165, 1.54) is 32.6 Å². The summed E-state index contributed by atoms with van der Waals surface area (Å²) in [6.07, 6.45) is 0. The molecule has 0 fully saturated rings. The molecule has 0 radical (unpaired) electrons. The fourth-order valence-corrected chi connectivity index (χ4v) is 8.28. The molecular weight excluding hydrogens is 635 g/mol. The lowest BCUT2D eigenvalue weighted by Gasteiger charge is -2.26. The molecule has 4 heteroatoms. The molecule has 3 heterocycles. The minimum atomic E-state index is 0.872. The fourth-order valence-electron chi connectivity index (χ4n) is 8.28. The molecule has 4 nitrogen and oxygen atoms in total. The van der Waals surface area contributed by atoms with Crippen LogP contribution in [0.1, 0.15) is 0 Å². The predicted molar refractivity (Wildman–Crippen MR) is 217 cm³/mol. The predicted octanol–water partition coefficient (Wildman–Crippen LogP) is 13.2. The SMILES string of the molecule is c1ccc(N(c2ccc3c4ccc(-n5c6ccccc6c6ccccc65)cc4n(-c4ccccc4)c3c2)c2cccc3oc4ccccc4c23)cc1. The van der Waals surface area contributed by atoms with Crippen LogP contribution in [0.5, 0.6) is 0 Å². The Kier molecular flexibility index (Phi) is 6.22. The number of benzene rings is 8. The van der Waals surface area contributed by atoms with E-state index >= 15 is 0 Å². The van der Waals surface area contributed by atoms with Crippen LogP contribution in [0.15, 0.2) is 192 Å². The number of fused-ring (bicyclic) bond motifs is 9. The van der Waals surface area contributed by atoms with Gasteiger partial charge in [0, 0.05) is 49.7 Å². The Bertz CT molecular complexity index is 3080. The van der Waals surface area contributed by atoms with Crippen LogP contribution < -0.4 is 4.90 Å². The summed E-state index contributed by atoms with van der Waals surface area (Å²) >= 11 is 0. The van der Waals surface area contributed by atoms with E-state index in [-0.39, 0.29) is 0 Å². The molecule has 0 unspecified atom stereocenters. The van der Waals surface area contributed by atoms with Gasteiger partial charge in [-0.15, -0.1) is 0 Å². The van der Waals surface area contributed by atoms with E-state index < -0.39 is 0 Å². The van der Waals surface area contributed by atoms with Crippen LogP contribution in [0.4, 0.5) is 17.1 Å². The number of nitrogens with zero attached hydrogens (tertiary/aromatic N) is 3. The van der Waals surface area contributed by atoms with Gasteiger partial charge < -0.3 is 18.5 Å². The molecule has 52 heavy (non-hydrogen) atoms. The maximum atomic E-state index is 6.36. The third-order valence-electron chi connectivity index (χ3n) is 10.5. The van der Waals surface area contributed by atoms with Gasteiger partial charge in [-0.2, -0.15) is 0 Å². The van der Waals surface area contributed by atoms with Gasteiger partial charge in [0.2, 0.25) is 0 Å². The number of aromatic nitrogens is 2. The Hall–Kier alpha value is -7.04. The second-order valence-electron chi connectivity index (χ2n) is 13.4. The Morgan fingerprint density at radius 1 is 0.346 bits per heavy atom. The number of anilines is 3. The lowest BCUT2D eigenvalue weighted by Crippen LogP contribution is -2.10. The molecule has 0 N–H and O–H groups in total. The van der Waals surface area contributed by atoms with E-state index in [1.807, 2.05) is 12.1 Å². The van der Waals surface area contributed by atoms with Crippen molar-refractivity contribution in [3.63, 3.8) is 0 Å². The average Bonchev–Trinajstić information content (AvgIpc) is 3.86. The van der Waals surface area contributed by atoms with Crippen molar-refractivity contribution in [3.8, 4) is 11.4 Å². The first-order chi connectivity index (χ1) is 25.8. The summed E-state index contributed by atoms with van der Waals surface area (Å²) in [6.45, 7) is 0. The highest BCUT2D eigenvalue weighted by molar-refractivity contribution is 6.15. The van der Waals surface area contributed by atoms with Gasteiger partial charge in [0.1, 0.15) is 11.2 Å². The van der Waals surface area contributed by atoms with Crippen LogP contribution in [-0.4, -0.2) is 9.13 Å². The molecule has 0 saturated heterocycles. The molecule has 0 bridgehead atoms. The number of furan rings is 1. The van der Waals surface area contributed by atoms with Crippen LogP contribution >= 0.6 is 0 Å². The number of hydrogen-bond donors (Lipinski definition) is 0. The highest BCUT2D eigenvalue weighted by Crippen LogP contribution is 2.45. The maximum absolute atomic E-state index is 6.36. The molecule has 3 aromatic heterocycles. The third kappa shape index (κ3) is 4.21. The minimum Gasteiger partial charge on any atom is -0.456 e. The normalized spacial score (nSPS) is 11.8. The molecule has 8 aromatic carbocycles. The van der Waals surface area contributed by atoms with E-state index in [9.17, 15) is 0 Å². The summed E-state index contributed by atoms with van der Waals surface area (Å²) in [6, 6.07) is 67.2. The van der Waals surface area contributed by atoms with Crippen LogP contribution in [0.3, 0.4) is 0 Å². The molecule has 0 amide bonds. The smallest absolute Gasteiger partial charge is 0.137 e. The van der Waals surface area contributed by atoms with Crippen molar-refractivity contribution >= 4 is 82.6 Å². The first kappa shape index (κ1) is 28.8.